The molecule has 0 aromatic heterocycles. The van der Waals surface area contributed by atoms with E-state index < -0.39 is 0 Å². The number of carbonyl (C=O) groups is 2. The molecule has 5 nitrogen and oxygen atoms in total. The Morgan fingerprint density at radius 2 is 1.56 bits per heavy atom. The number of aryl methyl sites for hydroxylation is 2. The number of benzene rings is 3. The Hall–Kier alpha value is -3.51. The highest BCUT2D eigenvalue weighted by atomic mass is 32.2. The van der Waals surface area contributed by atoms with E-state index in [9.17, 15) is 9.59 Å². The molecule has 1 aliphatic heterocycles. The first kappa shape index (κ1) is 23.6. The van der Waals surface area contributed by atoms with Gasteiger partial charge in [0.15, 0.2) is 11.5 Å². The van der Waals surface area contributed by atoms with Crippen molar-refractivity contribution in [3.63, 3.8) is 0 Å². The summed E-state index contributed by atoms with van der Waals surface area (Å²) in [6.45, 7) is 7.12. The van der Waals surface area contributed by atoms with Gasteiger partial charge >= 0.3 is 0 Å². The molecule has 1 saturated heterocycles. The van der Waals surface area contributed by atoms with Gasteiger partial charge in [-0.15, -0.1) is 0 Å². The van der Waals surface area contributed by atoms with E-state index in [-0.39, 0.29) is 17.7 Å². The standard InChI is InChI=1S/C28H27NO4S/c1-4-32-25-15-21(11-12-24(25)33-18-23-10-6-8-20(3)14-23)16-26-27(30)29(28(31)34-26)17-22-9-5-7-19(2)13-22/h5-16H,4,17-18H2,1-3H3/b26-16-. The van der Waals surface area contributed by atoms with Crippen molar-refractivity contribution < 1.29 is 19.1 Å². The van der Waals surface area contributed by atoms with Gasteiger partial charge in [-0.1, -0.05) is 65.7 Å². The van der Waals surface area contributed by atoms with E-state index in [4.69, 9.17) is 9.47 Å². The molecule has 34 heavy (non-hydrogen) atoms. The smallest absolute Gasteiger partial charge is 0.293 e. The molecule has 3 aromatic rings. The maximum absolute atomic E-state index is 12.9. The average molecular weight is 474 g/mol. The molecule has 6 heteroatoms. The molecule has 0 saturated carbocycles. The summed E-state index contributed by atoms with van der Waals surface area (Å²) in [4.78, 5) is 27.1. The predicted molar refractivity (Wildman–Crippen MR) is 136 cm³/mol. The predicted octanol–water partition coefficient (Wildman–Crippen LogP) is 6.52. The van der Waals surface area contributed by atoms with Crippen LogP contribution in [0.25, 0.3) is 6.08 Å². The molecule has 1 aliphatic rings. The van der Waals surface area contributed by atoms with Crippen molar-refractivity contribution in [1.82, 2.24) is 4.90 Å². The molecule has 174 valence electrons. The normalized spacial score (nSPS) is 14.7. The zero-order valence-electron chi connectivity index (χ0n) is 19.5. The molecule has 0 spiro atoms. The van der Waals surface area contributed by atoms with Crippen LogP contribution in [0.3, 0.4) is 0 Å². The van der Waals surface area contributed by atoms with Crippen LogP contribution in [0.1, 0.15) is 34.7 Å². The van der Waals surface area contributed by atoms with E-state index in [1.54, 1.807) is 6.08 Å². The third kappa shape index (κ3) is 5.69. The number of imide groups is 1. The first-order chi connectivity index (χ1) is 16.4. The minimum Gasteiger partial charge on any atom is -0.490 e. The fourth-order valence-electron chi connectivity index (χ4n) is 3.75. The number of hydrogen-bond acceptors (Lipinski definition) is 5. The first-order valence-corrected chi connectivity index (χ1v) is 12.0. The van der Waals surface area contributed by atoms with Gasteiger partial charge < -0.3 is 9.47 Å². The summed E-state index contributed by atoms with van der Waals surface area (Å²) in [6.07, 6.45) is 1.73. The van der Waals surface area contributed by atoms with Crippen LogP contribution in [-0.2, 0) is 17.9 Å². The van der Waals surface area contributed by atoms with E-state index in [1.165, 1.54) is 10.5 Å². The Morgan fingerprint density at radius 3 is 2.26 bits per heavy atom. The highest BCUT2D eigenvalue weighted by Crippen LogP contribution is 2.35. The van der Waals surface area contributed by atoms with Crippen LogP contribution in [0.5, 0.6) is 11.5 Å². The average Bonchev–Trinajstić information content (AvgIpc) is 3.06. The highest BCUT2D eigenvalue weighted by Gasteiger charge is 2.35. The monoisotopic (exact) mass is 473 g/mol. The molecule has 1 fully saturated rings. The zero-order chi connectivity index (χ0) is 24.1. The fourth-order valence-corrected chi connectivity index (χ4v) is 4.58. The van der Waals surface area contributed by atoms with Crippen LogP contribution < -0.4 is 9.47 Å². The molecular weight excluding hydrogens is 446 g/mol. The molecule has 4 rings (SSSR count). The van der Waals surface area contributed by atoms with Gasteiger partial charge in [0.2, 0.25) is 0 Å². The Labute approximate surface area is 204 Å². The Balaban J connectivity index is 1.51. The van der Waals surface area contributed by atoms with Crippen LogP contribution >= 0.6 is 11.8 Å². The lowest BCUT2D eigenvalue weighted by Gasteiger charge is -2.13. The van der Waals surface area contributed by atoms with Gasteiger partial charge in [-0.05, 0) is 67.4 Å². The summed E-state index contributed by atoms with van der Waals surface area (Å²) in [5.74, 6) is 0.949. The van der Waals surface area contributed by atoms with Gasteiger partial charge in [-0.2, -0.15) is 0 Å². The zero-order valence-corrected chi connectivity index (χ0v) is 20.4. The van der Waals surface area contributed by atoms with Crippen LogP contribution in [-0.4, -0.2) is 22.7 Å². The fraction of sp³-hybridized carbons (Fsp3) is 0.214. The number of hydrogen-bond donors (Lipinski definition) is 0. The number of thioether (sulfide) groups is 1. The number of carbonyl (C=O) groups excluding carboxylic acids is 2. The van der Waals surface area contributed by atoms with E-state index in [2.05, 4.69) is 6.07 Å². The second-order valence-corrected chi connectivity index (χ2v) is 9.17. The van der Waals surface area contributed by atoms with Crippen molar-refractivity contribution in [2.45, 2.75) is 33.9 Å². The summed E-state index contributed by atoms with van der Waals surface area (Å²) in [7, 11) is 0. The van der Waals surface area contributed by atoms with Crippen LogP contribution in [0.15, 0.2) is 71.6 Å². The second-order valence-electron chi connectivity index (χ2n) is 8.17. The summed E-state index contributed by atoms with van der Waals surface area (Å²) in [6, 6.07) is 21.5. The number of nitrogens with zero attached hydrogens (tertiary/aromatic N) is 1. The number of amides is 2. The molecular formula is C28H27NO4S. The van der Waals surface area contributed by atoms with Gasteiger partial charge in [0.05, 0.1) is 18.1 Å². The van der Waals surface area contributed by atoms with Gasteiger partial charge in [0, 0.05) is 0 Å². The molecule has 0 radical (unpaired) electrons. The Morgan fingerprint density at radius 1 is 0.853 bits per heavy atom. The second kappa shape index (κ2) is 10.6. The molecule has 3 aromatic carbocycles. The van der Waals surface area contributed by atoms with Crippen LogP contribution in [0, 0.1) is 13.8 Å². The third-order valence-electron chi connectivity index (χ3n) is 5.34. The lowest BCUT2D eigenvalue weighted by atomic mass is 10.1. The number of ether oxygens (including phenoxy) is 2. The third-order valence-corrected chi connectivity index (χ3v) is 6.25. The van der Waals surface area contributed by atoms with Crippen LogP contribution in [0.2, 0.25) is 0 Å². The topological polar surface area (TPSA) is 55.8 Å². The lowest BCUT2D eigenvalue weighted by Crippen LogP contribution is -2.27. The molecule has 1 heterocycles. The van der Waals surface area contributed by atoms with Crippen molar-refractivity contribution in [3.05, 3.63) is 99.5 Å². The van der Waals surface area contributed by atoms with E-state index in [0.29, 0.717) is 29.6 Å². The quantitative estimate of drug-likeness (QED) is 0.349. The van der Waals surface area contributed by atoms with Crippen molar-refractivity contribution in [2.75, 3.05) is 6.61 Å². The molecule has 2 amide bonds. The van der Waals surface area contributed by atoms with E-state index in [0.717, 1.165) is 34.0 Å². The lowest BCUT2D eigenvalue weighted by molar-refractivity contribution is -0.123. The minimum atomic E-state index is -0.283. The van der Waals surface area contributed by atoms with Gasteiger partial charge in [-0.25, -0.2) is 0 Å². The largest absolute Gasteiger partial charge is 0.490 e. The highest BCUT2D eigenvalue weighted by molar-refractivity contribution is 8.18. The van der Waals surface area contributed by atoms with E-state index >= 15 is 0 Å². The Bertz CT molecular complexity index is 1250. The number of rotatable bonds is 8. The summed E-state index contributed by atoms with van der Waals surface area (Å²) >= 11 is 0.959. The minimum absolute atomic E-state index is 0.263. The molecule has 0 atom stereocenters. The van der Waals surface area contributed by atoms with Crippen molar-refractivity contribution in [2.24, 2.45) is 0 Å². The maximum Gasteiger partial charge on any atom is 0.293 e. The Kier molecular flexibility index (Phi) is 7.38. The van der Waals surface area contributed by atoms with Crippen LogP contribution in [0.4, 0.5) is 4.79 Å². The van der Waals surface area contributed by atoms with Gasteiger partial charge in [0.1, 0.15) is 6.61 Å². The summed E-state index contributed by atoms with van der Waals surface area (Å²) < 4.78 is 11.8. The van der Waals surface area contributed by atoms with Gasteiger partial charge in [-0.3, -0.25) is 14.5 Å². The molecule has 0 bridgehead atoms. The summed E-state index contributed by atoms with van der Waals surface area (Å²) in [5.41, 5.74) is 5.05. The van der Waals surface area contributed by atoms with Crippen molar-refractivity contribution in [1.29, 1.82) is 0 Å². The SMILES string of the molecule is CCOc1cc(/C=C2\SC(=O)N(Cc3cccc(C)c3)C2=O)ccc1OCc1cccc(C)c1. The maximum atomic E-state index is 12.9. The van der Waals surface area contributed by atoms with Crippen molar-refractivity contribution in [3.8, 4) is 11.5 Å². The molecule has 0 N–H and O–H groups in total. The van der Waals surface area contributed by atoms with E-state index in [1.807, 2.05) is 81.4 Å². The molecule has 0 unspecified atom stereocenters. The summed E-state index contributed by atoms with van der Waals surface area (Å²) in [5, 5.41) is -0.263. The molecule has 0 aliphatic carbocycles. The van der Waals surface area contributed by atoms with Gasteiger partial charge in [0.25, 0.3) is 11.1 Å². The first-order valence-electron chi connectivity index (χ1n) is 11.2. The van der Waals surface area contributed by atoms with Crippen molar-refractivity contribution >= 4 is 29.0 Å².